The highest BCUT2D eigenvalue weighted by molar-refractivity contribution is 5.48. The molecular weight excluding hydrogens is 172 g/mol. The van der Waals surface area contributed by atoms with Crippen LogP contribution in [-0.2, 0) is 10.3 Å². The van der Waals surface area contributed by atoms with Gasteiger partial charge in [0.05, 0.1) is 6.61 Å². The molecule has 1 aromatic carbocycles. The minimum absolute atomic E-state index is 0.00491. The van der Waals surface area contributed by atoms with Crippen molar-refractivity contribution >= 4 is 0 Å². The largest absolute Gasteiger partial charge is 0.365 e. The van der Waals surface area contributed by atoms with Crippen LogP contribution in [0.1, 0.15) is 34.7 Å². The Morgan fingerprint density at radius 3 is 1.86 bits per heavy atom. The van der Waals surface area contributed by atoms with Crippen LogP contribution in [0.25, 0.3) is 0 Å². The van der Waals surface area contributed by atoms with E-state index in [2.05, 4.69) is 40.7 Å². The summed E-state index contributed by atoms with van der Waals surface area (Å²) in [6.07, 6.45) is 0. The number of aryl methyl sites for hydroxylation is 2. The van der Waals surface area contributed by atoms with Gasteiger partial charge in [-0.3, -0.25) is 0 Å². The quantitative estimate of drug-likeness (QED) is 0.620. The van der Waals surface area contributed by atoms with Gasteiger partial charge in [0.15, 0.2) is 0 Å². The van der Waals surface area contributed by atoms with Gasteiger partial charge in [0, 0.05) is 0 Å². The summed E-state index contributed by atoms with van der Waals surface area (Å²) in [6, 6.07) is 2.26. The van der Waals surface area contributed by atoms with Gasteiger partial charge in [0.1, 0.15) is 5.60 Å². The standard InChI is InChI=1S/C13H18O/c1-8-6-9(2)11(4)12(10(8)3)13(5)7-14-13/h6H,7H2,1-5H3. The molecule has 1 aliphatic heterocycles. The highest BCUT2D eigenvalue weighted by atomic mass is 16.6. The number of hydrogen-bond donors (Lipinski definition) is 0. The second-order valence-electron chi connectivity index (χ2n) is 4.65. The molecule has 1 fully saturated rings. The molecule has 1 atom stereocenters. The van der Waals surface area contributed by atoms with Gasteiger partial charge in [-0.1, -0.05) is 6.07 Å². The fourth-order valence-corrected chi connectivity index (χ4v) is 2.26. The van der Waals surface area contributed by atoms with Crippen molar-refractivity contribution in [1.29, 1.82) is 0 Å². The molecule has 0 N–H and O–H groups in total. The first-order valence-corrected chi connectivity index (χ1v) is 5.17. The van der Waals surface area contributed by atoms with Crippen LogP contribution >= 0.6 is 0 Å². The highest BCUT2D eigenvalue weighted by Crippen LogP contribution is 2.42. The van der Waals surface area contributed by atoms with E-state index in [4.69, 9.17) is 4.74 Å². The van der Waals surface area contributed by atoms with Crippen LogP contribution in [0.4, 0.5) is 0 Å². The van der Waals surface area contributed by atoms with Gasteiger partial charge in [-0.2, -0.15) is 0 Å². The Kier molecular flexibility index (Phi) is 1.97. The molecule has 1 saturated heterocycles. The van der Waals surface area contributed by atoms with Gasteiger partial charge in [-0.15, -0.1) is 0 Å². The first kappa shape index (κ1) is 9.72. The summed E-state index contributed by atoms with van der Waals surface area (Å²) in [7, 11) is 0. The molecule has 0 aliphatic carbocycles. The molecule has 1 unspecified atom stereocenters. The molecule has 14 heavy (non-hydrogen) atoms. The molecule has 0 bridgehead atoms. The summed E-state index contributed by atoms with van der Waals surface area (Å²) in [6.45, 7) is 11.8. The van der Waals surface area contributed by atoms with Crippen LogP contribution in [0, 0.1) is 27.7 Å². The lowest BCUT2D eigenvalue weighted by Gasteiger charge is -2.18. The second kappa shape index (κ2) is 2.83. The van der Waals surface area contributed by atoms with Crippen molar-refractivity contribution in [3.63, 3.8) is 0 Å². The number of epoxide rings is 1. The third-order valence-electron chi connectivity index (χ3n) is 3.47. The van der Waals surface area contributed by atoms with E-state index < -0.39 is 0 Å². The SMILES string of the molecule is Cc1cc(C)c(C)c(C2(C)CO2)c1C. The Balaban J connectivity index is 2.68. The summed E-state index contributed by atoms with van der Waals surface area (Å²) in [5.41, 5.74) is 6.96. The van der Waals surface area contributed by atoms with Crippen LogP contribution in [0.5, 0.6) is 0 Å². The van der Waals surface area contributed by atoms with E-state index in [1.165, 1.54) is 27.8 Å². The maximum Gasteiger partial charge on any atom is 0.114 e. The lowest BCUT2D eigenvalue weighted by molar-refractivity contribution is 0.327. The van der Waals surface area contributed by atoms with E-state index in [9.17, 15) is 0 Å². The predicted octanol–water partition coefficient (Wildman–Crippen LogP) is 3.17. The summed E-state index contributed by atoms with van der Waals surface area (Å²) in [4.78, 5) is 0. The monoisotopic (exact) mass is 190 g/mol. The summed E-state index contributed by atoms with van der Waals surface area (Å²) < 4.78 is 5.55. The number of hydrogen-bond acceptors (Lipinski definition) is 1. The zero-order valence-corrected chi connectivity index (χ0v) is 9.69. The lowest BCUT2D eigenvalue weighted by Crippen LogP contribution is -2.10. The molecule has 76 valence electrons. The Morgan fingerprint density at radius 2 is 1.50 bits per heavy atom. The van der Waals surface area contributed by atoms with Crippen molar-refractivity contribution in [2.75, 3.05) is 6.61 Å². The molecule has 1 heteroatoms. The van der Waals surface area contributed by atoms with Crippen LogP contribution in [0.2, 0.25) is 0 Å². The maximum atomic E-state index is 5.55. The van der Waals surface area contributed by atoms with Gasteiger partial charge >= 0.3 is 0 Å². The third-order valence-corrected chi connectivity index (χ3v) is 3.47. The van der Waals surface area contributed by atoms with Crippen molar-refractivity contribution in [2.45, 2.75) is 40.2 Å². The van der Waals surface area contributed by atoms with Crippen LogP contribution in [0.15, 0.2) is 6.07 Å². The Hall–Kier alpha value is -0.820. The van der Waals surface area contributed by atoms with Gasteiger partial charge in [0.2, 0.25) is 0 Å². The van der Waals surface area contributed by atoms with Crippen LogP contribution in [0.3, 0.4) is 0 Å². The smallest absolute Gasteiger partial charge is 0.114 e. The van der Waals surface area contributed by atoms with Gasteiger partial charge in [0.25, 0.3) is 0 Å². The molecule has 1 aliphatic rings. The zero-order chi connectivity index (χ0) is 10.5. The van der Waals surface area contributed by atoms with Gasteiger partial charge < -0.3 is 4.74 Å². The van der Waals surface area contributed by atoms with Crippen LogP contribution < -0.4 is 0 Å². The molecule has 1 heterocycles. The van der Waals surface area contributed by atoms with E-state index in [0.29, 0.717) is 0 Å². The number of rotatable bonds is 1. The molecular formula is C13H18O. The van der Waals surface area contributed by atoms with E-state index in [1.54, 1.807) is 0 Å². The molecule has 0 spiro atoms. The minimum Gasteiger partial charge on any atom is -0.365 e. The van der Waals surface area contributed by atoms with Crippen molar-refractivity contribution in [2.24, 2.45) is 0 Å². The molecule has 2 rings (SSSR count). The molecule has 0 radical (unpaired) electrons. The summed E-state index contributed by atoms with van der Waals surface area (Å²) >= 11 is 0. The summed E-state index contributed by atoms with van der Waals surface area (Å²) in [5, 5.41) is 0. The molecule has 1 nitrogen and oxygen atoms in total. The van der Waals surface area contributed by atoms with Crippen molar-refractivity contribution in [1.82, 2.24) is 0 Å². The van der Waals surface area contributed by atoms with Crippen LogP contribution in [-0.4, -0.2) is 6.61 Å². The number of benzene rings is 1. The molecule has 0 aromatic heterocycles. The van der Waals surface area contributed by atoms with E-state index in [1.807, 2.05) is 0 Å². The topological polar surface area (TPSA) is 12.5 Å². The van der Waals surface area contributed by atoms with E-state index in [-0.39, 0.29) is 5.60 Å². The highest BCUT2D eigenvalue weighted by Gasteiger charge is 2.43. The predicted molar refractivity (Wildman–Crippen MR) is 58.7 cm³/mol. The first-order chi connectivity index (χ1) is 6.46. The fraction of sp³-hybridized carbons (Fsp3) is 0.538. The lowest BCUT2D eigenvalue weighted by atomic mass is 9.87. The molecule has 0 amide bonds. The van der Waals surface area contributed by atoms with Crippen molar-refractivity contribution in [3.8, 4) is 0 Å². The number of ether oxygens (including phenoxy) is 1. The van der Waals surface area contributed by atoms with Crippen molar-refractivity contribution in [3.05, 3.63) is 33.9 Å². The van der Waals surface area contributed by atoms with E-state index in [0.717, 1.165) is 6.61 Å². The van der Waals surface area contributed by atoms with Gasteiger partial charge in [-0.05, 0) is 62.4 Å². The normalized spacial score (nSPS) is 25.2. The first-order valence-electron chi connectivity index (χ1n) is 5.17. The Labute approximate surface area is 86.1 Å². The average Bonchev–Trinajstić information content (AvgIpc) is 2.81. The second-order valence-corrected chi connectivity index (χ2v) is 4.65. The minimum atomic E-state index is 0.00491. The molecule has 0 saturated carbocycles. The summed E-state index contributed by atoms with van der Waals surface area (Å²) in [5.74, 6) is 0. The van der Waals surface area contributed by atoms with Gasteiger partial charge in [-0.25, -0.2) is 0 Å². The maximum absolute atomic E-state index is 5.55. The van der Waals surface area contributed by atoms with Crippen molar-refractivity contribution < 1.29 is 4.74 Å². The fourth-order valence-electron chi connectivity index (χ4n) is 2.26. The Bertz CT molecular complexity index is 360. The third kappa shape index (κ3) is 1.27. The Morgan fingerprint density at radius 1 is 1.07 bits per heavy atom. The molecule has 1 aromatic rings. The average molecular weight is 190 g/mol. The zero-order valence-electron chi connectivity index (χ0n) is 9.69. The van der Waals surface area contributed by atoms with E-state index >= 15 is 0 Å².